The van der Waals surface area contributed by atoms with Crippen molar-refractivity contribution in [2.75, 3.05) is 38.5 Å². The summed E-state index contributed by atoms with van der Waals surface area (Å²) in [6, 6.07) is 0. The maximum Gasteiger partial charge on any atom is 0.281 e. The van der Waals surface area contributed by atoms with Crippen LogP contribution in [0.25, 0.3) is 0 Å². The molecule has 0 aromatic heterocycles. The van der Waals surface area contributed by atoms with E-state index in [1.165, 1.54) is 11.8 Å². The minimum atomic E-state index is 0.101. The molecule has 0 bridgehead atoms. The molecule has 0 aromatic carbocycles. The molecule has 0 saturated carbocycles. The third-order valence-corrected chi connectivity index (χ3v) is 4.74. The summed E-state index contributed by atoms with van der Waals surface area (Å²) in [6.45, 7) is 3.10. The number of rotatable bonds is 5. The predicted molar refractivity (Wildman–Crippen MR) is 75.1 cm³/mol. The Morgan fingerprint density at radius 3 is 2.95 bits per heavy atom. The van der Waals surface area contributed by atoms with Crippen LogP contribution < -0.4 is 0 Å². The van der Waals surface area contributed by atoms with Gasteiger partial charge in [0.05, 0.1) is 0 Å². The average Bonchev–Trinajstić information content (AvgIpc) is 2.82. The van der Waals surface area contributed by atoms with Crippen LogP contribution in [0.15, 0.2) is 0 Å². The summed E-state index contributed by atoms with van der Waals surface area (Å²) in [5.41, 5.74) is 0. The number of thioether (sulfide) groups is 1. The summed E-state index contributed by atoms with van der Waals surface area (Å²) in [7, 11) is 0. The quantitative estimate of drug-likeness (QED) is 0.824. The summed E-state index contributed by atoms with van der Waals surface area (Å²) >= 11 is 1.33. The van der Waals surface area contributed by atoms with E-state index in [-0.39, 0.29) is 17.8 Å². The number of aliphatic hydroxyl groups excluding tert-OH is 1. The highest BCUT2D eigenvalue weighted by molar-refractivity contribution is 8.13. The maximum absolute atomic E-state index is 12.1. The van der Waals surface area contributed by atoms with E-state index in [2.05, 4.69) is 0 Å². The highest BCUT2D eigenvalue weighted by atomic mass is 32.2. The van der Waals surface area contributed by atoms with Crippen molar-refractivity contribution < 1.29 is 14.7 Å². The zero-order chi connectivity index (χ0) is 13.7. The van der Waals surface area contributed by atoms with Crippen molar-refractivity contribution in [3.63, 3.8) is 0 Å². The molecule has 5 nitrogen and oxygen atoms in total. The second-order valence-corrected chi connectivity index (χ2v) is 6.26. The SMILES string of the molecule is O=C(CCN1CCSC1=O)N1CCCC(CCO)C1. The van der Waals surface area contributed by atoms with E-state index < -0.39 is 0 Å². The molecular weight excluding hydrogens is 264 g/mol. The number of likely N-dealkylation sites (tertiary alicyclic amines) is 1. The lowest BCUT2D eigenvalue weighted by atomic mass is 9.95. The van der Waals surface area contributed by atoms with Crippen LogP contribution in [0, 0.1) is 5.92 Å². The standard InChI is InChI=1S/C13H22N2O3S/c16-8-4-11-2-1-5-15(10-11)12(17)3-6-14-7-9-19-13(14)18/h11,16H,1-10H2. The van der Waals surface area contributed by atoms with Gasteiger partial charge < -0.3 is 14.9 Å². The van der Waals surface area contributed by atoms with E-state index >= 15 is 0 Å². The van der Waals surface area contributed by atoms with Gasteiger partial charge in [-0.25, -0.2) is 0 Å². The van der Waals surface area contributed by atoms with Crippen LogP contribution in [0.2, 0.25) is 0 Å². The van der Waals surface area contributed by atoms with E-state index in [1.54, 1.807) is 4.90 Å². The first-order valence-electron chi connectivity index (χ1n) is 7.01. The number of aliphatic hydroxyl groups is 1. The Balaban J connectivity index is 1.74. The minimum Gasteiger partial charge on any atom is -0.396 e. The van der Waals surface area contributed by atoms with Crippen molar-refractivity contribution in [3.8, 4) is 0 Å². The van der Waals surface area contributed by atoms with Gasteiger partial charge in [-0.3, -0.25) is 9.59 Å². The van der Waals surface area contributed by atoms with Gasteiger partial charge in [-0.2, -0.15) is 0 Å². The average molecular weight is 286 g/mol. The first kappa shape index (κ1) is 14.7. The number of nitrogens with zero attached hydrogens (tertiary/aromatic N) is 2. The third-order valence-electron chi connectivity index (χ3n) is 3.85. The lowest BCUT2D eigenvalue weighted by molar-refractivity contribution is -0.133. The van der Waals surface area contributed by atoms with Crippen LogP contribution in [-0.4, -0.2) is 64.6 Å². The Morgan fingerprint density at radius 2 is 2.26 bits per heavy atom. The second kappa shape index (κ2) is 7.14. The first-order chi connectivity index (χ1) is 9.20. The van der Waals surface area contributed by atoms with Gasteiger partial charge in [0.2, 0.25) is 5.91 Å². The molecule has 1 atom stereocenters. The molecular formula is C13H22N2O3S. The van der Waals surface area contributed by atoms with Crippen LogP contribution in [0.4, 0.5) is 4.79 Å². The summed E-state index contributed by atoms with van der Waals surface area (Å²) in [4.78, 5) is 27.2. The van der Waals surface area contributed by atoms with Crippen LogP contribution >= 0.6 is 11.8 Å². The normalized spacial score (nSPS) is 24.1. The molecule has 0 aromatic rings. The van der Waals surface area contributed by atoms with E-state index in [9.17, 15) is 9.59 Å². The van der Waals surface area contributed by atoms with Crippen molar-refractivity contribution >= 4 is 22.9 Å². The summed E-state index contributed by atoms with van der Waals surface area (Å²) in [5, 5.41) is 9.07. The van der Waals surface area contributed by atoms with Crippen molar-refractivity contribution in [1.82, 2.24) is 9.80 Å². The van der Waals surface area contributed by atoms with Gasteiger partial charge in [0.25, 0.3) is 5.24 Å². The fourth-order valence-corrected chi connectivity index (χ4v) is 3.58. The summed E-state index contributed by atoms with van der Waals surface area (Å²) < 4.78 is 0. The van der Waals surface area contributed by atoms with Gasteiger partial charge in [-0.1, -0.05) is 11.8 Å². The number of hydrogen-bond donors (Lipinski definition) is 1. The Bertz CT molecular complexity index is 336. The van der Waals surface area contributed by atoms with Crippen molar-refractivity contribution in [1.29, 1.82) is 0 Å². The van der Waals surface area contributed by atoms with Gasteiger partial charge >= 0.3 is 0 Å². The molecule has 19 heavy (non-hydrogen) atoms. The molecule has 0 aliphatic carbocycles. The number of carbonyl (C=O) groups is 2. The number of carbonyl (C=O) groups excluding carboxylic acids is 2. The number of piperidine rings is 1. The molecule has 0 radical (unpaired) electrons. The highest BCUT2D eigenvalue weighted by Crippen LogP contribution is 2.21. The highest BCUT2D eigenvalue weighted by Gasteiger charge is 2.25. The maximum atomic E-state index is 12.1. The molecule has 2 rings (SSSR count). The third kappa shape index (κ3) is 4.11. The van der Waals surface area contributed by atoms with Crippen LogP contribution in [0.3, 0.4) is 0 Å². The Labute approximate surface area is 118 Å². The Kier molecular flexibility index (Phi) is 5.51. The van der Waals surface area contributed by atoms with E-state index in [0.29, 0.717) is 18.9 Å². The molecule has 2 fully saturated rings. The Morgan fingerprint density at radius 1 is 1.42 bits per heavy atom. The van der Waals surface area contributed by atoms with E-state index in [1.807, 2.05) is 4.90 Å². The van der Waals surface area contributed by atoms with E-state index in [0.717, 1.165) is 44.6 Å². The topological polar surface area (TPSA) is 60.9 Å². The molecule has 108 valence electrons. The van der Waals surface area contributed by atoms with Crippen LogP contribution in [0.1, 0.15) is 25.7 Å². The van der Waals surface area contributed by atoms with Crippen molar-refractivity contribution in [2.24, 2.45) is 5.92 Å². The van der Waals surface area contributed by atoms with Gasteiger partial charge in [0, 0.05) is 45.0 Å². The zero-order valence-electron chi connectivity index (χ0n) is 11.2. The smallest absolute Gasteiger partial charge is 0.281 e. The molecule has 1 N–H and O–H groups in total. The van der Waals surface area contributed by atoms with Crippen LogP contribution in [0.5, 0.6) is 0 Å². The molecule has 2 saturated heterocycles. The van der Waals surface area contributed by atoms with Crippen LogP contribution in [-0.2, 0) is 4.79 Å². The number of amides is 2. The second-order valence-electron chi connectivity index (χ2n) is 5.21. The molecule has 1 unspecified atom stereocenters. The van der Waals surface area contributed by atoms with Crippen molar-refractivity contribution in [3.05, 3.63) is 0 Å². The molecule has 2 aliphatic rings. The lowest BCUT2D eigenvalue weighted by Gasteiger charge is -2.33. The zero-order valence-corrected chi connectivity index (χ0v) is 12.0. The predicted octanol–water partition coefficient (Wildman–Crippen LogP) is 1.17. The first-order valence-corrected chi connectivity index (χ1v) is 7.99. The number of hydrogen-bond acceptors (Lipinski definition) is 4. The van der Waals surface area contributed by atoms with Gasteiger partial charge in [0.1, 0.15) is 0 Å². The molecule has 2 aliphatic heterocycles. The molecule has 2 amide bonds. The molecule has 0 spiro atoms. The van der Waals surface area contributed by atoms with E-state index in [4.69, 9.17) is 5.11 Å². The fraction of sp³-hybridized carbons (Fsp3) is 0.846. The largest absolute Gasteiger partial charge is 0.396 e. The molecule has 6 heteroatoms. The fourth-order valence-electron chi connectivity index (χ4n) is 2.73. The lowest BCUT2D eigenvalue weighted by Crippen LogP contribution is -2.41. The van der Waals surface area contributed by atoms with Gasteiger partial charge in [-0.05, 0) is 25.2 Å². The summed E-state index contributed by atoms with van der Waals surface area (Å²) in [5.74, 6) is 1.42. The Hall–Kier alpha value is -0.750. The summed E-state index contributed by atoms with van der Waals surface area (Å²) in [6.07, 6.45) is 3.34. The minimum absolute atomic E-state index is 0.101. The molecule has 2 heterocycles. The monoisotopic (exact) mass is 286 g/mol. The van der Waals surface area contributed by atoms with Crippen molar-refractivity contribution in [2.45, 2.75) is 25.7 Å². The van der Waals surface area contributed by atoms with Gasteiger partial charge in [-0.15, -0.1) is 0 Å². The van der Waals surface area contributed by atoms with Gasteiger partial charge in [0.15, 0.2) is 0 Å².